The molecule has 0 radical (unpaired) electrons. The highest BCUT2D eigenvalue weighted by Gasteiger charge is 2.21. The predicted molar refractivity (Wildman–Crippen MR) is 55.4 cm³/mol. The van der Waals surface area contributed by atoms with Crippen molar-refractivity contribution in [1.29, 1.82) is 0 Å². The summed E-state index contributed by atoms with van der Waals surface area (Å²) < 4.78 is 0. The van der Waals surface area contributed by atoms with Crippen LogP contribution in [-0.2, 0) is 4.79 Å². The number of halogens is 1. The summed E-state index contributed by atoms with van der Waals surface area (Å²) in [6.07, 6.45) is 0.358. The van der Waals surface area contributed by atoms with Gasteiger partial charge in [0.1, 0.15) is 0 Å². The van der Waals surface area contributed by atoms with Crippen LogP contribution >= 0.6 is 11.6 Å². The Morgan fingerprint density at radius 1 is 1.50 bits per heavy atom. The summed E-state index contributed by atoms with van der Waals surface area (Å²) in [5.41, 5.74) is 1.69. The molecule has 1 aliphatic heterocycles. The maximum Gasteiger partial charge on any atom is 0.248 e. The lowest BCUT2D eigenvalue weighted by Gasteiger charge is -1.99. The van der Waals surface area contributed by atoms with E-state index in [-0.39, 0.29) is 5.91 Å². The molecule has 0 atom stereocenters. The van der Waals surface area contributed by atoms with Crippen molar-refractivity contribution in [3.05, 3.63) is 34.9 Å². The number of carbonyl (C=O) groups excluding carboxylic acids is 1. The lowest BCUT2D eigenvalue weighted by Crippen LogP contribution is -2.14. The Bertz CT molecular complexity index is 414. The van der Waals surface area contributed by atoms with E-state index in [2.05, 4.69) is 5.10 Å². The molecule has 0 unspecified atom stereocenters. The van der Waals surface area contributed by atoms with Gasteiger partial charge in [0.2, 0.25) is 5.91 Å². The quantitative estimate of drug-likeness (QED) is 0.694. The molecule has 1 aromatic carbocycles. The number of amides is 1. The van der Waals surface area contributed by atoms with Gasteiger partial charge in [0, 0.05) is 12.1 Å². The van der Waals surface area contributed by atoms with Crippen molar-refractivity contribution in [3.63, 3.8) is 0 Å². The van der Waals surface area contributed by atoms with Crippen LogP contribution in [-0.4, -0.2) is 23.7 Å². The van der Waals surface area contributed by atoms with Crippen LogP contribution in [0, 0.1) is 0 Å². The molecule has 0 saturated carbocycles. The molecule has 0 fully saturated rings. The Balaban J connectivity index is 2.33. The first-order chi connectivity index (χ1) is 6.66. The van der Waals surface area contributed by atoms with E-state index in [1.165, 1.54) is 5.01 Å². The Hall–Kier alpha value is -1.35. The molecule has 1 amide bonds. The van der Waals surface area contributed by atoms with Gasteiger partial charge in [-0.2, -0.15) is 5.10 Å². The molecular formula is C10H9ClN2O. The monoisotopic (exact) mass is 208 g/mol. The van der Waals surface area contributed by atoms with Crippen molar-refractivity contribution in [3.8, 4) is 0 Å². The van der Waals surface area contributed by atoms with Crippen LogP contribution < -0.4 is 0 Å². The molecule has 1 heterocycles. The Morgan fingerprint density at radius 2 is 2.29 bits per heavy atom. The molecule has 0 N–H and O–H groups in total. The van der Waals surface area contributed by atoms with Crippen molar-refractivity contribution < 1.29 is 4.79 Å². The molecular weight excluding hydrogens is 200 g/mol. The molecule has 0 bridgehead atoms. The first kappa shape index (κ1) is 9.21. The molecule has 0 aromatic heterocycles. The summed E-state index contributed by atoms with van der Waals surface area (Å²) in [4.78, 5) is 11.2. The number of benzene rings is 1. The number of hydrogen-bond donors (Lipinski definition) is 0. The van der Waals surface area contributed by atoms with Gasteiger partial charge in [-0.1, -0.05) is 23.7 Å². The smallest absolute Gasteiger partial charge is 0.248 e. The zero-order valence-electron chi connectivity index (χ0n) is 7.70. The van der Waals surface area contributed by atoms with Crippen LogP contribution in [0.3, 0.4) is 0 Å². The highest BCUT2D eigenvalue weighted by atomic mass is 35.5. The Labute approximate surface area is 87.0 Å². The maximum atomic E-state index is 11.2. The van der Waals surface area contributed by atoms with E-state index in [9.17, 15) is 4.79 Å². The summed E-state index contributed by atoms with van der Waals surface area (Å²) in [6.45, 7) is 0. The molecule has 0 aliphatic carbocycles. The molecule has 2 rings (SSSR count). The van der Waals surface area contributed by atoms with Gasteiger partial charge >= 0.3 is 0 Å². The number of carbonyl (C=O) groups is 1. The van der Waals surface area contributed by atoms with E-state index < -0.39 is 0 Å². The predicted octanol–water partition coefficient (Wildman–Crippen LogP) is 1.91. The highest BCUT2D eigenvalue weighted by molar-refractivity contribution is 6.31. The average Bonchev–Trinajstić information content (AvgIpc) is 2.47. The third-order valence-corrected chi connectivity index (χ3v) is 2.34. The number of hydrogen-bond acceptors (Lipinski definition) is 2. The Kier molecular flexibility index (Phi) is 2.25. The molecule has 1 aliphatic rings. The highest BCUT2D eigenvalue weighted by Crippen LogP contribution is 2.17. The van der Waals surface area contributed by atoms with E-state index in [4.69, 9.17) is 11.6 Å². The van der Waals surface area contributed by atoms with E-state index in [1.54, 1.807) is 13.1 Å². The fourth-order valence-electron chi connectivity index (χ4n) is 1.36. The zero-order chi connectivity index (χ0) is 10.1. The lowest BCUT2D eigenvalue weighted by molar-refractivity contribution is -0.127. The fraction of sp³-hybridized carbons (Fsp3) is 0.200. The average molecular weight is 209 g/mol. The van der Waals surface area contributed by atoms with E-state index in [0.29, 0.717) is 11.4 Å². The van der Waals surface area contributed by atoms with Crippen LogP contribution in [0.4, 0.5) is 0 Å². The normalized spacial score (nSPS) is 16.0. The van der Waals surface area contributed by atoms with Crippen LogP contribution in [0.15, 0.2) is 29.4 Å². The van der Waals surface area contributed by atoms with E-state index in [1.807, 2.05) is 18.2 Å². The topological polar surface area (TPSA) is 32.7 Å². The largest absolute Gasteiger partial charge is 0.273 e. The lowest BCUT2D eigenvalue weighted by atomic mass is 10.1. The van der Waals surface area contributed by atoms with Crippen molar-refractivity contribution in [2.24, 2.45) is 5.10 Å². The minimum absolute atomic E-state index is 0.0139. The third kappa shape index (κ3) is 1.63. The van der Waals surface area contributed by atoms with Crippen molar-refractivity contribution >= 4 is 23.2 Å². The number of rotatable bonds is 1. The molecule has 14 heavy (non-hydrogen) atoms. The fourth-order valence-corrected chi connectivity index (χ4v) is 1.55. The summed E-state index contributed by atoms with van der Waals surface area (Å²) in [6, 6.07) is 7.36. The molecule has 4 heteroatoms. The molecule has 72 valence electrons. The summed E-state index contributed by atoms with van der Waals surface area (Å²) in [7, 11) is 1.65. The molecule has 0 spiro atoms. The second-order valence-electron chi connectivity index (χ2n) is 3.15. The molecule has 0 saturated heterocycles. The van der Waals surface area contributed by atoms with Crippen LogP contribution in [0.1, 0.15) is 12.0 Å². The van der Waals surface area contributed by atoms with Crippen LogP contribution in [0.25, 0.3) is 0 Å². The van der Waals surface area contributed by atoms with Crippen LogP contribution in [0.5, 0.6) is 0 Å². The van der Waals surface area contributed by atoms with Gasteiger partial charge in [0.25, 0.3) is 0 Å². The van der Waals surface area contributed by atoms with Gasteiger partial charge in [-0.25, -0.2) is 5.01 Å². The van der Waals surface area contributed by atoms with Gasteiger partial charge < -0.3 is 0 Å². The minimum Gasteiger partial charge on any atom is -0.273 e. The van der Waals surface area contributed by atoms with Gasteiger partial charge in [0.15, 0.2) is 0 Å². The van der Waals surface area contributed by atoms with Crippen molar-refractivity contribution in [2.45, 2.75) is 6.42 Å². The first-order valence-electron chi connectivity index (χ1n) is 4.27. The summed E-state index contributed by atoms with van der Waals surface area (Å²) >= 11 is 5.84. The second kappa shape index (κ2) is 3.42. The Morgan fingerprint density at radius 3 is 2.86 bits per heavy atom. The van der Waals surface area contributed by atoms with E-state index in [0.717, 1.165) is 11.3 Å². The first-order valence-corrected chi connectivity index (χ1v) is 4.64. The number of nitrogens with zero attached hydrogens (tertiary/aromatic N) is 2. The molecule has 1 aromatic rings. The van der Waals surface area contributed by atoms with Crippen molar-refractivity contribution in [2.75, 3.05) is 7.05 Å². The van der Waals surface area contributed by atoms with Gasteiger partial charge in [-0.05, 0) is 17.7 Å². The maximum absolute atomic E-state index is 11.2. The van der Waals surface area contributed by atoms with E-state index >= 15 is 0 Å². The van der Waals surface area contributed by atoms with Gasteiger partial charge in [0.05, 0.1) is 12.1 Å². The standard InChI is InChI=1S/C10H9ClN2O/c1-13-10(14)6-9(12-13)7-3-2-4-8(11)5-7/h2-5H,6H2,1H3. The zero-order valence-corrected chi connectivity index (χ0v) is 8.45. The summed E-state index contributed by atoms with van der Waals surface area (Å²) in [5.74, 6) is 0.0139. The molecule has 3 nitrogen and oxygen atoms in total. The van der Waals surface area contributed by atoms with Gasteiger partial charge in [-0.15, -0.1) is 0 Å². The second-order valence-corrected chi connectivity index (χ2v) is 3.59. The minimum atomic E-state index is 0.0139. The van der Waals surface area contributed by atoms with Gasteiger partial charge in [-0.3, -0.25) is 4.79 Å². The third-order valence-electron chi connectivity index (χ3n) is 2.11. The SMILES string of the molecule is CN1N=C(c2cccc(Cl)c2)CC1=O. The number of hydrazone groups is 1. The summed E-state index contributed by atoms with van der Waals surface area (Å²) in [5, 5.41) is 6.14. The van der Waals surface area contributed by atoms with Crippen molar-refractivity contribution in [1.82, 2.24) is 5.01 Å². The van der Waals surface area contributed by atoms with Crippen LogP contribution in [0.2, 0.25) is 5.02 Å².